The molecule has 0 aliphatic rings. The molecule has 0 bridgehead atoms. The maximum atomic E-state index is 10.8. The number of hydrogen-bond donors (Lipinski definition) is 1. The normalized spacial score (nSPS) is 10.9. The molecule has 0 atom stereocenters. The number of rotatable bonds is 4. The third-order valence-corrected chi connectivity index (χ3v) is 2.59. The second kappa shape index (κ2) is 5.31. The Morgan fingerprint density at radius 3 is 2.72 bits per heavy atom. The Morgan fingerprint density at radius 2 is 2.11 bits per heavy atom. The second-order valence-corrected chi connectivity index (χ2v) is 3.97. The fourth-order valence-electron chi connectivity index (χ4n) is 1.65. The average molecular weight is 242 g/mol. The molecule has 92 valence electrons. The number of allylic oxidation sites excluding steroid dienone is 1. The molecule has 1 N–H and O–H groups in total. The number of aromatic nitrogens is 2. The Bertz CT molecular complexity index is 571. The molecule has 0 spiro atoms. The number of carboxylic acids is 1. The topological polar surface area (TPSA) is 55.1 Å². The van der Waals surface area contributed by atoms with Crippen LogP contribution >= 0.6 is 0 Å². The standard InChI is InChI=1S/C14H14N2O2/c1-11-10-13(14(17)18)15-16(11)9-5-8-12-6-3-2-4-7-12/h2-8,10H,9H2,1H3,(H,17,18)/b8-5+. The Kier molecular flexibility index (Phi) is 3.57. The van der Waals surface area contributed by atoms with Crippen LogP contribution in [0, 0.1) is 6.92 Å². The Balaban J connectivity index is 2.06. The lowest BCUT2D eigenvalue weighted by Crippen LogP contribution is -2.03. The van der Waals surface area contributed by atoms with Crippen LogP contribution in [-0.4, -0.2) is 20.9 Å². The minimum Gasteiger partial charge on any atom is -0.476 e. The minimum absolute atomic E-state index is 0.0839. The molecule has 2 rings (SSSR count). The van der Waals surface area contributed by atoms with E-state index in [2.05, 4.69) is 5.10 Å². The number of aromatic carboxylic acids is 1. The molecule has 0 radical (unpaired) electrons. The van der Waals surface area contributed by atoms with Crippen LogP contribution in [0.1, 0.15) is 21.7 Å². The van der Waals surface area contributed by atoms with Crippen LogP contribution in [0.5, 0.6) is 0 Å². The van der Waals surface area contributed by atoms with Crippen molar-refractivity contribution in [3.8, 4) is 0 Å². The maximum absolute atomic E-state index is 10.8. The predicted octanol–water partition coefficient (Wildman–Crippen LogP) is 2.60. The number of benzene rings is 1. The first-order chi connectivity index (χ1) is 8.66. The number of carbonyl (C=O) groups is 1. The average Bonchev–Trinajstić information content (AvgIpc) is 2.73. The van der Waals surface area contributed by atoms with Crippen molar-refractivity contribution < 1.29 is 9.90 Å². The highest BCUT2D eigenvalue weighted by Gasteiger charge is 2.09. The van der Waals surface area contributed by atoms with E-state index in [-0.39, 0.29) is 5.69 Å². The Morgan fingerprint density at radius 1 is 1.39 bits per heavy atom. The van der Waals surface area contributed by atoms with Gasteiger partial charge in [0.05, 0.1) is 6.54 Å². The Labute approximate surface area is 105 Å². The summed E-state index contributed by atoms with van der Waals surface area (Å²) in [7, 11) is 0. The van der Waals surface area contributed by atoms with Crippen LogP contribution in [-0.2, 0) is 6.54 Å². The molecule has 4 nitrogen and oxygen atoms in total. The third kappa shape index (κ3) is 2.85. The molecule has 0 saturated heterocycles. The molecule has 1 heterocycles. The van der Waals surface area contributed by atoms with Crippen molar-refractivity contribution in [2.75, 3.05) is 0 Å². The first-order valence-electron chi connectivity index (χ1n) is 5.66. The summed E-state index contributed by atoms with van der Waals surface area (Å²) in [6.45, 7) is 2.41. The van der Waals surface area contributed by atoms with Crippen molar-refractivity contribution in [1.82, 2.24) is 9.78 Å². The van der Waals surface area contributed by atoms with Crippen molar-refractivity contribution in [2.24, 2.45) is 0 Å². The summed E-state index contributed by atoms with van der Waals surface area (Å²) in [4.78, 5) is 10.8. The van der Waals surface area contributed by atoms with Crippen LogP contribution in [0.3, 0.4) is 0 Å². The van der Waals surface area contributed by atoms with Gasteiger partial charge in [0, 0.05) is 5.69 Å². The first-order valence-corrected chi connectivity index (χ1v) is 5.66. The van der Waals surface area contributed by atoms with E-state index in [9.17, 15) is 4.79 Å². The lowest BCUT2D eigenvalue weighted by atomic mass is 10.2. The molecule has 0 saturated carbocycles. The molecule has 0 fully saturated rings. The van der Waals surface area contributed by atoms with E-state index in [4.69, 9.17) is 5.11 Å². The van der Waals surface area contributed by atoms with Crippen LogP contribution in [0.15, 0.2) is 42.5 Å². The molecule has 0 aliphatic heterocycles. The fourth-order valence-corrected chi connectivity index (χ4v) is 1.65. The van der Waals surface area contributed by atoms with Crippen LogP contribution < -0.4 is 0 Å². The van der Waals surface area contributed by atoms with Crippen molar-refractivity contribution in [2.45, 2.75) is 13.5 Å². The fraction of sp³-hybridized carbons (Fsp3) is 0.143. The van der Waals surface area contributed by atoms with E-state index in [0.717, 1.165) is 11.3 Å². The highest BCUT2D eigenvalue weighted by atomic mass is 16.4. The number of hydrogen-bond acceptors (Lipinski definition) is 2. The SMILES string of the molecule is Cc1cc(C(=O)O)nn1C/C=C/c1ccccc1. The van der Waals surface area contributed by atoms with Crippen LogP contribution in [0.4, 0.5) is 0 Å². The smallest absolute Gasteiger partial charge is 0.356 e. The molecule has 1 aromatic carbocycles. The zero-order valence-electron chi connectivity index (χ0n) is 10.1. The van der Waals surface area contributed by atoms with Gasteiger partial charge in [-0.05, 0) is 18.6 Å². The lowest BCUT2D eigenvalue weighted by Gasteiger charge is -1.98. The van der Waals surface area contributed by atoms with Crippen molar-refractivity contribution in [3.05, 3.63) is 59.4 Å². The monoisotopic (exact) mass is 242 g/mol. The van der Waals surface area contributed by atoms with E-state index >= 15 is 0 Å². The highest BCUT2D eigenvalue weighted by Crippen LogP contribution is 2.05. The predicted molar refractivity (Wildman–Crippen MR) is 69.4 cm³/mol. The largest absolute Gasteiger partial charge is 0.476 e. The van der Waals surface area contributed by atoms with Gasteiger partial charge in [-0.25, -0.2) is 4.79 Å². The molecule has 2 aromatic rings. The molecule has 0 aliphatic carbocycles. The highest BCUT2D eigenvalue weighted by molar-refractivity contribution is 5.85. The van der Waals surface area contributed by atoms with E-state index in [1.165, 1.54) is 0 Å². The number of nitrogens with zero attached hydrogens (tertiary/aromatic N) is 2. The summed E-state index contributed by atoms with van der Waals surface area (Å²) >= 11 is 0. The van der Waals surface area contributed by atoms with Gasteiger partial charge in [-0.1, -0.05) is 42.5 Å². The molecule has 1 aromatic heterocycles. The second-order valence-electron chi connectivity index (χ2n) is 3.97. The van der Waals surface area contributed by atoms with Gasteiger partial charge >= 0.3 is 5.97 Å². The summed E-state index contributed by atoms with van der Waals surface area (Å²) in [5, 5.41) is 12.8. The van der Waals surface area contributed by atoms with Crippen LogP contribution in [0.25, 0.3) is 6.08 Å². The van der Waals surface area contributed by atoms with Gasteiger partial charge in [0.15, 0.2) is 5.69 Å². The van der Waals surface area contributed by atoms with Gasteiger partial charge in [-0.3, -0.25) is 4.68 Å². The summed E-state index contributed by atoms with van der Waals surface area (Å²) < 4.78 is 1.67. The maximum Gasteiger partial charge on any atom is 0.356 e. The quantitative estimate of drug-likeness (QED) is 0.896. The first kappa shape index (κ1) is 12.1. The van der Waals surface area contributed by atoms with E-state index in [1.54, 1.807) is 10.7 Å². The van der Waals surface area contributed by atoms with Gasteiger partial charge in [0.2, 0.25) is 0 Å². The van der Waals surface area contributed by atoms with Gasteiger partial charge in [-0.15, -0.1) is 0 Å². The summed E-state index contributed by atoms with van der Waals surface area (Å²) in [6.07, 6.45) is 3.95. The zero-order chi connectivity index (χ0) is 13.0. The molecule has 0 amide bonds. The molecule has 4 heteroatoms. The molecular formula is C14H14N2O2. The molecule has 0 unspecified atom stereocenters. The van der Waals surface area contributed by atoms with Gasteiger partial charge < -0.3 is 5.11 Å². The van der Waals surface area contributed by atoms with Gasteiger partial charge in [0.1, 0.15) is 0 Å². The summed E-state index contributed by atoms with van der Waals surface area (Å²) in [5.74, 6) is -0.996. The van der Waals surface area contributed by atoms with Crippen molar-refractivity contribution >= 4 is 12.0 Å². The summed E-state index contributed by atoms with van der Waals surface area (Å²) in [5.41, 5.74) is 2.03. The summed E-state index contributed by atoms with van der Waals surface area (Å²) in [6, 6.07) is 11.5. The van der Waals surface area contributed by atoms with Crippen molar-refractivity contribution in [1.29, 1.82) is 0 Å². The number of aryl methyl sites for hydroxylation is 1. The lowest BCUT2D eigenvalue weighted by molar-refractivity contribution is 0.0689. The third-order valence-electron chi connectivity index (χ3n) is 2.59. The van der Waals surface area contributed by atoms with Crippen molar-refractivity contribution in [3.63, 3.8) is 0 Å². The van der Waals surface area contributed by atoms with Gasteiger partial charge in [-0.2, -0.15) is 5.10 Å². The van der Waals surface area contributed by atoms with E-state index in [0.29, 0.717) is 6.54 Å². The van der Waals surface area contributed by atoms with E-state index in [1.807, 2.05) is 49.4 Å². The zero-order valence-corrected chi connectivity index (χ0v) is 10.1. The van der Waals surface area contributed by atoms with E-state index < -0.39 is 5.97 Å². The van der Waals surface area contributed by atoms with Gasteiger partial charge in [0.25, 0.3) is 0 Å². The number of carboxylic acid groups (broad SMARTS) is 1. The minimum atomic E-state index is -0.996. The molecule has 18 heavy (non-hydrogen) atoms. The Hall–Kier alpha value is -2.36. The molecular weight excluding hydrogens is 228 g/mol. The van der Waals surface area contributed by atoms with Crippen LogP contribution in [0.2, 0.25) is 0 Å².